The minimum absolute atomic E-state index is 0.227. The van der Waals surface area contributed by atoms with Crippen LogP contribution in [-0.2, 0) is 11.3 Å². The highest BCUT2D eigenvalue weighted by Crippen LogP contribution is 2.26. The van der Waals surface area contributed by atoms with Crippen LogP contribution in [0.15, 0.2) is 12.1 Å². The van der Waals surface area contributed by atoms with E-state index < -0.39 is 5.97 Å². The molecule has 4 N–H and O–H groups in total. The number of carbonyl (C=O) groups is 1. The third kappa shape index (κ3) is 3.42. The molecule has 20 heavy (non-hydrogen) atoms. The van der Waals surface area contributed by atoms with Gasteiger partial charge in [-0.25, -0.2) is 4.79 Å². The van der Waals surface area contributed by atoms with Crippen molar-refractivity contribution in [2.75, 3.05) is 25.4 Å². The van der Waals surface area contributed by atoms with Gasteiger partial charge in [0.25, 0.3) is 0 Å². The molecule has 0 aliphatic carbocycles. The van der Waals surface area contributed by atoms with E-state index in [0.29, 0.717) is 29.4 Å². The van der Waals surface area contributed by atoms with E-state index in [1.165, 1.54) is 0 Å². The summed E-state index contributed by atoms with van der Waals surface area (Å²) in [4.78, 5) is 14.0. The summed E-state index contributed by atoms with van der Waals surface area (Å²) < 4.78 is 4.95. The van der Waals surface area contributed by atoms with E-state index in [9.17, 15) is 4.79 Å². The Hall–Kier alpha value is -1.30. The van der Waals surface area contributed by atoms with Gasteiger partial charge in [-0.15, -0.1) is 0 Å². The smallest absolute Gasteiger partial charge is 0.340 e. The van der Waals surface area contributed by atoms with E-state index in [1.807, 2.05) is 0 Å². The second-order valence-electron chi connectivity index (χ2n) is 5.04. The predicted molar refractivity (Wildman–Crippen MR) is 79.7 cm³/mol. The van der Waals surface area contributed by atoms with Gasteiger partial charge < -0.3 is 16.2 Å². The lowest BCUT2D eigenvalue weighted by molar-refractivity contribution is 0.0527. The van der Waals surface area contributed by atoms with Crippen LogP contribution in [0.3, 0.4) is 0 Å². The Bertz CT molecular complexity index is 507. The standard InChI is InChI=1S/C14H20ClN3O2/c1-2-20-14(19)11-6-12(15)9(5-13(11)17)7-18-4-3-10(16)8-18/h5-6,10H,2-4,7-8,16-17H2,1H3/t10-/m1/s1. The molecule has 0 aromatic heterocycles. The highest BCUT2D eigenvalue weighted by Gasteiger charge is 2.21. The molecular weight excluding hydrogens is 278 g/mol. The van der Waals surface area contributed by atoms with Gasteiger partial charge in [-0.05, 0) is 31.0 Å². The number of esters is 1. The van der Waals surface area contributed by atoms with E-state index in [4.69, 9.17) is 27.8 Å². The maximum Gasteiger partial charge on any atom is 0.340 e. The highest BCUT2D eigenvalue weighted by molar-refractivity contribution is 6.32. The molecule has 0 bridgehead atoms. The number of likely N-dealkylation sites (tertiary alicyclic amines) is 1. The molecule has 1 aromatic carbocycles. The topological polar surface area (TPSA) is 81.6 Å². The molecule has 5 nitrogen and oxygen atoms in total. The van der Waals surface area contributed by atoms with Crippen LogP contribution in [0.1, 0.15) is 29.3 Å². The molecule has 1 aromatic rings. The average molecular weight is 298 g/mol. The summed E-state index contributed by atoms with van der Waals surface area (Å²) in [5, 5.41) is 0.530. The van der Waals surface area contributed by atoms with Crippen LogP contribution >= 0.6 is 11.6 Å². The van der Waals surface area contributed by atoms with Gasteiger partial charge in [0.15, 0.2) is 0 Å². The van der Waals surface area contributed by atoms with Crippen molar-refractivity contribution in [2.45, 2.75) is 25.9 Å². The summed E-state index contributed by atoms with van der Waals surface area (Å²) in [7, 11) is 0. The quantitative estimate of drug-likeness (QED) is 0.652. The number of halogens is 1. The molecule has 1 aliphatic heterocycles. The van der Waals surface area contributed by atoms with Crippen molar-refractivity contribution >= 4 is 23.3 Å². The number of nitrogens with zero attached hydrogens (tertiary/aromatic N) is 1. The van der Waals surface area contributed by atoms with Crippen LogP contribution in [0.25, 0.3) is 0 Å². The Kier molecular flexibility index (Phi) is 4.86. The van der Waals surface area contributed by atoms with E-state index in [0.717, 1.165) is 25.1 Å². The number of benzene rings is 1. The molecule has 0 amide bonds. The molecule has 1 heterocycles. The normalized spacial score (nSPS) is 19.2. The van der Waals surface area contributed by atoms with Crippen molar-refractivity contribution in [1.29, 1.82) is 0 Å². The molecule has 1 fully saturated rings. The van der Waals surface area contributed by atoms with Crippen LogP contribution in [0.2, 0.25) is 5.02 Å². The third-order valence-electron chi connectivity index (χ3n) is 3.42. The van der Waals surface area contributed by atoms with E-state index in [2.05, 4.69) is 4.90 Å². The van der Waals surface area contributed by atoms with Gasteiger partial charge in [0.2, 0.25) is 0 Å². The summed E-state index contributed by atoms with van der Waals surface area (Å²) in [5.41, 5.74) is 13.4. The molecule has 6 heteroatoms. The molecule has 0 unspecified atom stereocenters. The Morgan fingerprint density at radius 3 is 2.90 bits per heavy atom. The van der Waals surface area contributed by atoms with Gasteiger partial charge in [0, 0.05) is 36.4 Å². The summed E-state index contributed by atoms with van der Waals surface area (Å²) >= 11 is 6.24. The molecular formula is C14H20ClN3O2. The van der Waals surface area contributed by atoms with Gasteiger partial charge in [0.1, 0.15) is 0 Å². The third-order valence-corrected chi connectivity index (χ3v) is 3.77. The highest BCUT2D eigenvalue weighted by atomic mass is 35.5. The fraction of sp³-hybridized carbons (Fsp3) is 0.500. The van der Waals surface area contributed by atoms with Crippen molar-refractivity contribution in [3.8, 4) is 0 Å². The number of nitrogen functional groups attached to an aromatic ring is 1. The maximum atomic E-state index is 11.7. The second-order valence-corrected chi connectivity index (χ2v) is 5.44. The van der Waals surface area contributed by atoms with Gasteiger partial charge in [0.05, 0.1) is 12.2 Å². The monoisotopic (exact) mass is 297 g/mol. The SMILES string of the molecule is CCOC(=O)c1cc(Cl)c(CN2CC[C@@H](N)C2)cc1N. The Labute approximate surface area is 123 Å². The molecule has 2 rings (SSSR count). The lowest BCUT2D eigenvalue weighted by Crippen LogP contribution is -2.26. The Morgan fingerprint density at radius 2 is 2.30 bits per heavy atom. The van der Waals surface area contributed by atoms with Crippen LogP contribution in [0.5, 0.6) is 0 Å². The van der Waals surface area contributed by atoms with E-state index >= 15 is 0 Å². The van der Waals surface area contributed by atoms with Crippen LogP contribution in [0.4, 0.5) is 5.69 Å². The summed E-state index contributed by atoms with van der Waals surface area (Å²) in [5.74, 6) is -0.443. The van der Waals surface area contributed by atoms with Crippen molar-refractivity contribution in [1.82, 2.24) is 4.90 Å². The lowest BCUT2D eigenvalue weighted by Gasteiger charge is -2.17. The minimum Gasteiger partial charge on any atom is -0.462 e. The molecule has 0 spiro atoms. The van der Waals surface area contributed by atoms with Crippen molar-refractivity contribution < 1.29 is 9.53 Å². The number of anilines is 1. The zero-order chi connectivity index (χ0) is 14.7. The van der Waals surface area contributed by atoms with Gasteiger partial charge in [-0.3, -0.25) is 4.90 Å². The van der Waals surface area contributed by atoms with E-state index in [-0.39, 0.29) is 6.04 Å². The van der Waals surface area contributed by atoms with Crippen molar-refractivity contribution in [3.63, 3.8) is 0 Å². The fourth-order valence-electron chi connectivity index (χ4n) is 2.39. The van der Waals surface area contributed by atoms with Crippen LogP contribution < -0.4 is 11.5 Å². The van der Waals surface area contributed by atoms with E-state index in [1.54, 1.807) is 19.1 Å². The maximum absolute atomic E-state index is 11.7. The number of rotatable bonds is 4. The van der Waals surface area contributed by atoms with Crippen LogP contribution in [0, 0.1) is 0 Å². The first kappa shape index (κ1) is 15.1. The number of nitrogens with two attached hydrogens (primary N) is 2. The molecule has 1 atom stereocenters. The predicted octanol–water partition coefficient (Wildman–Crippen LogP) is 1.63. The van der Waals surface area contributed by atoms with Gasteiger partial charge >= 0.3 is 5.97 Å². The minimum atomic E-state index is -0.443. The van der Waals surface area contributed by atoms with Gasteiger partial charge in [-0.1, -0.05) is 11.6 Å². The molecule has 1 saturated heterocycles. The molecule has 1 aliphatic rings. The largest absolute Gasteiger partial charge is 0.462 e. The summed E-state index contributed by atoms with van der Waals surface area (Å²) in [6.07, 6.45) is 0.994. The van der Waals surface area contributed by atoms with Gasteiger partial charge in [-0.2, -0.15) is 0 Å². The average Bonchev–Trinajstić information content (AvgIpc) is 2.79. The second kappa shape index (κ2) is 6.43. The van der Waals surface area contributed by atoms with Crippen molar-refractivity contribution in [3.05, 3.63) is 28.3 Å². The molecule has 0 radical (unpaired) electrons. The van der Waals surface area contributed by atoms with Crippen LogP contribution in [-0.4, -0.2) is 36.6 Å². The molecule has 110 valence electrons. The number of carbonyl (C=O) groups excluding carboxylic acids is 1. The number of hydrogen-bond acceptors (Lipinski definition) is 5. The fourth-order valence-corrected chi connectivity index (χ4v) is 2.61. The summed E-state index contributed by atoms with van der Waals surface area (Å²) in [6, 6.07) is 3.56. The zero-order valence-electron chi connectivity index (χ0n) is 11.6. The summed E-state index contributed by atoms with van der Waals surface area (Å²) in [6.45, 7) is 4.57. The van der Waals surface area contributed by atoms with Crippen molar-refractivity contribution in [2.24, 2.45) is 5.73 Å². The molecule has 0 saturated carbocycles. The first-order chi connectivity index (χ1) is 9.51. The first-order valence-corrected chi connectivity index (χ1v) is 7.12. The first-order valence-electron chi connectivity index (χ1n) is 6.74. The lowest BCUT2D eigenvalue weighted by atomic mass is 10.1. The zero-order valence-corrected chi connectivity index (χ0v) is 12.3. The Balaban J connectivity index is 2.15. The number of ether oxygens (including phenoxy) is 1. The Morgan fingerprint density at radius 1 is 1.55 bits per heavy atom. The number of hydrogen-bond donors (Lipinski definition) is 2.